The molecule has 19 heavy (non-hydrogen) atoms. The van der Waals surface area contributed by atoms with Crippen LogP contribution in [0.1, 0.15) is 38.2 Å². The van der Waals surface area contributed by atoms with E-state index in [1.807, 2.05) is 6.07 Å². The number of anilines is 1. The highest BCUT2D eigenvalue weighted by Gasteiger charge is 2.37. The molecule has 1 aliphatic rings. The van der Waals surface area contributed by atoms with Gasteiger partial charge in [0.05, 0.1) is 0 Å². The van der Waals surface area contributed by atoms with Crippen LogP contribution in [0.2, 0.25) is 0 Å². The van der Waals surface area contributed by atoms with Crippen molar-refractivity contribution in [3.05, 3.63) is 23.9 Å². The predicted octanol–water partition coefficient (Wildman–Crippen LogP) is 1.95. The average molecular weight is 261 g/mol. The molecule has 0 saturated carbocycles. The summed E-state index contributed by atoms with van der Waals surface area (Å²) in [6, 6.07) is 3.68. The van der Waals surface area contributed by atoms with E-state index in [1.54, 1.807) is 12.3 Å². The number of hydrogen-bond acceptors (Lipinski definition) is 4. The predicted molar refractivity (Wildman–Crippen MR) is 76.8 cm³/mol. The lowest BCUT2D eigenvalue weighted by molar-refractivity contribution is -0.129. The first kappa shape index (κ1) is 14.0. The summed E-state index contributed by atoms with van der Waals surface area (Å²) in [7, 11) is 0. The van der Waals surface area contributed by atoms with E-state index in [2.05, 4.69) is 17.2 Å². The number of nitrogens with two attached hydrogens (primary N) is 1. The monoisotopic (exact) mass is 261 g/mol. The van der Waals surface area contributed by atoms with Gasteiger partial charge in [0, 0.05) is 24.6 Å². The topological polar surface area (TPSA) is 68.0 Å². The van der Waals surface area contributed by atoms with E-state index in [1.165, 1.54) is 0 Å². The number of piperidine rings is 1. The first-order chi connectivity index (χ1) is 9.16. The minimum absolute atomic E-state index is 0.176. The number of nitrogens with zero attached hydrogens (tertiary/aromatic N) is 1. The molecule has 4 heteroatoms. The molecule has 2 heterocycles. The highest BCUT2D eigenvalue weighted by molar-refractivity contribution is 5.87. The minimum atomic E-state index is -0.176. The van der Waals surface area contributed by atoms with Crippen molar-refractivity contribution in [1.29, 1.82) is 0 Å². The summed E-state index contributed by atoms with van der Waals surface area (Å²) < 4.78 is 0. The maximum atomic E-state index is 12.7. The molecule has 4 nitrogen and oxygen atoms in total. The van der Waals surface area contributed by atoms with E-state index in [9.17, 15) is 4.79 Å². The number of pyridine rings is 1. The van der Waals surface area contributed by atoms with Crippen LogP contribution in [0, 0.1) is 5.41 Å². The van der Waals surface area contributed by atoms with Crippen molar-refractivity contribution in [3.63, 3.8) is 0 Å². The number of rotatable bonds is 5. The molecule has 1 atom stereocenters. The Kier molecular flexibility index (Phi) is 4.53. The molecule has 104 valence electrons. The largest absolute Gasteiger partial charge is 0.384 e. The molecule has 0 amide bonds. The molecule has 0 aliphatic carbocycles. The molecule has 1 fully saturated rings. The van der Waals surface area contributed by atoms with E-state index in [4.69, 9.17) is 5.73 Å². The molecule has 1 aromatic rings. The minimum Gasteiger partial charge on any atom is -0.384 e. The number of carbonyl (C=O) groups is 1. The summed E-state index contributed by atoms with van der Waals surface area (Å²) in [5.41, 5.74) is 6.46. The summed E-state index contributed by atoms with van der Waals surface area (Å²) >= 11 is 0. The summed E-state index contributed by atoms with van der Waals surface area (Å²) in [6.07, 6.45) is 6.25. The zero-order chi connectivity index (χ0) is 13.7. The van der Waals surface area contributed by atoms with Crippen LogP contribution in [0.3, 0.4) is 0 Å². The molecule has 0 aromatic carbocycles. The number of nitrogens with one attached hydrogen (secondary N) is 1. The molecule has 1 saturated heterocycles. The Morgan fingerprint density at radius 3 is 3.05 bits per heavy atom. The van der Waals surface area contributed by atoms with Gasteiger partial charge in [0.1, 0.15) is 11.6 Å². The van der Waals surface area contributed by atoms with Gasteiger partial charge in [-0.25, -0.2) is 4.98 Å². The van der Waals surface area contributed by atoms with Gasteiger partial charge in [-0.05, 0) is 43.5 Å². The highest BCUT2D eigenvalue weighted by Crippen LogP contribution is 2.33. The molecule has 0 bridgehead atoms. The van der Waals surface area contributed by atoms with E-state index in [-0.39, 0.29) is 5.41 Å². The van der Waals surface area contributed by atoms with Gasteiger partial charge < -0.3 is 11.1 Å². The summed E-state index contributed by atoms with van der Waals surface area (Å²) in [4.78, 5) is 16.7. The van der Waals surface area contributed by atoms with Crippen LogP contribution < -0.4 is 11.1 Å². The lowest BCUT2D eigenvalue weighted by atomic mass is 9.72. The van der Waals surface area contributed by atoms with Gasteiger partial charge in [-0.3, -0.25) is 4.79 Å². The van der Waals surface area contributed by atoms with Crippen molar-refractivity contribution in [2.75, 3.05) is 18.8 Å². The number of aromatic nitrogens is 1. The van der Waals surface area contributed by atoms with Gasteiger partial charge in [-0.15, -0.1) is 0 Å². The first-order valence-electron chi connectivity index (χ1n) is 7.11. The van der Waals surface area contributed by atoms with Crippen molar-refractivity contribution in [2.45, 2.75) is 39.0 Å². The molecule has 3 N–H and O–H groups in total. The van der Waals surface area contributed by atoms with Gasteiger partial charge in [-0.2, -0.15) is 0 Å². The van der Waals surface area contributed by atoms with Crippen molar-refractivity contribution < 1.29 is 4.79 Å². The van der Waals surface area contributed by atoms with Crippen LogP contribution in [0.25, 0.3) is 0 Å². The zero-order valence-electron chi connectivity index (χ0n) is 11.6. The van der Waals surface area contributed by atoms with Crippen LogP contribution >= 0.6 is 0 Å². The quantitative estimate of drug-likeness (QED) is 0.850. The lowest BCUT2D eigenvalue weighted by Gasteiger charge is -2.36. The number of carbonyl (C=O) groups excluding carboxylic acids is 1. The highest BCUT2D eigenvalue weighted by atomic mass is 16.1. The Bertz CT molecular complexity index is 433. The van der Waals surface area contributed by atoms with Gasteiger partial charge in [0.2, 0.25) is 0 Å². The molecule has 1 unspecified atom stereocenters. The second kappa shape index (κ2) is 6.15. The summed E-state index contributed by atoms with van der Waals surface area (Å²) in [5, 5.41) is 3.38. The van der Waals surface area contributed by atoms with Crippen molar-refractivity contribution in [2.24, 2.45) is 5.41 Å². The number of Topliss-reactive ketones (excluding diaryl/α,β-unsaturated/α-hetero) is 1. The average Bonchev–Trinajstić information content (AvgIpc) is 2.40. The van der Waals surface area contributed by atoms with E-state index in [0.717, 1.165) is 44.3 Å². The fourth-order valence-corrected chi connectivity index (χ4v) is 3.01. The van der Waals surface area contributed by atoms with Crippen molar-refractivity contribution >= 4 is 11.6 Å². The number of hydrogen-bond donors (Lipinski definition) is 2. The Hall–Kier alpha value is -1.42. The summed E-state index contributed by atoms with van der Waals surface area (Å²) in [5.74, 6) is 0.823. The Labute approximate surface area is 114 Å². The van der Waals surface area contributed by atoms with Crippen LogP contribution in [0.15, 0.2) is 18.3 Å². The standard InChI is InChI=1S/C15H23N3O/c1-2-5-15(6-3-7-17-11-15)13(19)9-12-4-8-18-14(16)10-12/h4,8,10,17H,2-3,5-7,9,11H2,1H3,(H2,16,18). The maximum Gasteiger partial charge on any atom is 0.144 e. The molecule has 2 rings (SSSR count). The Morgan fingerprint density at radius 2 is 2.42 bits per heavy atom. The second-order valence-corrected chi connectivity index (χ2v) is 5.50. The normalized spacial score (nSPS) is 23.2. The van der Waals surface area contributed by atoms with Gasteiger partial charge in [0.15, 0.2) is 0 Å². The van der Waals surface area contributed by atoms with Gasteiger partial charge >= 0.3 is 0 Å². The zero-order valence-corrected chi connectivity index (χ0v) is 11.6. The molecule has 1 aromatic heterocycles. The maximum absolute atomic E-state index is 12.7. The molecule has 0 radical (unpaired) electrons. The third-order valence-corrected chi connectivity index (χ3v) is 4.00. The fraction of sp³-hybridized carbons (Fsp3) is 0.600. The van der Waals surface area contributed by atoms with Gasteiger partial charge in [0.25, 0.3) is 0 Å². The van der Waals surface area contributed by atoms with Gasteiger partial charge in [-0.1, -0.05) is 13.3 Å². The van der Waals surface area contributed by atoms with E-state index >= 15 is 0 Å². The number of ketones is 1. The third-order valence-electron chi connectivity index (χ3n) is 4.00. The molecular weight excluding hydrogens is 238 g/mol. The molecule has 1 aliphatic heterocycles. The molecular formula is C15H23N3O. The van der Waals surface area contributed by atoms with Crippen LogP contribution in [-0.2, 0) is 11.2 Å². The Morgan fingerprint density at radius 1 is 1.58 bits per heavy atom. The lowest BCUT2D eigenvalue weighted by Crippen LogP contribution is -2.46. The van der Waals surface area contributed by atoms with Crippen LogP contribution in [0.4, 0.5) is 5.82 Å². The smallest absolute Gasteiger partial charge is 0.144 e. The van der Waals surface area contributed by atoms with Crippen LogP contribution in [-0.4, -0.2) is 23.9 Å². The van der Waals surface area contributed by atoms with E-state index < -0.39 is 0 Å². The first-order valence-corrected chi connectivity index (χ1v) is 7.11. The van der Waals surface area contributed by atoms with Crippen LogP contribution in [0.5, 0.6) is 0 Å². The van der Waals surface area contributed by atoms with Crippen molar-refractivity contribution in [3.8, 4) is 0 Å². The van der Waals surface area contributed by atoms with E-state index in [0.29, 0.717) is 18.0 Å². The fourth-order valence-electron chi connectivity index (χ4n) is 3.01. The van der Waals surface area contributed by atoms with Crippen molar-refractivity contribution in [1.82, 2.24) is 10.3 Å². The number of nitrogen functional groups attached to an aromatic ring is 1. The summed E-state index contributed by atoms with van der Waals surface area (Å²) in [6.45, 7) is 4.00. The third kappa shape index (κ3) is 3.32. The Balaban J connectivity index is 2.11. The second-order valence-electron chi connectivity index (χ2n) is 5.50. The SMILES string of the molecule is CCCC1(C(=O)Cc2ccnc(N)c2)CCCNC1. The molecule has 0 spiro atoms.